The summed E-state index contributed by atoms with van der Waals surface area (Å²) in [4.78, 5) is 13.3. The van der Waals surface area contributed by atoms with Crippen LogP contribution in [0.25, 0.3) is 28.4 Å². The Morgan fingerprint density at radius 1 is 1.08 bits per heavy atom. The first kappa shape index (κ1) is 15.0. The molecule has 0 saturated carbocycles. The van der Waals surface area contributed by atoms with Gasteiger partial charge in [0.2, 0.25) is 0 Å². The van der Waals surface area contributed by atoms with Crippen LogP contribution in [0.4, 0.5) is 0 Å². The molecule has 0 saturated heterocycles. The number of aromatic hydroxyl groups is 1. The molecule has 0 radical (unpaired) electrons. The molecule has 0 unspecified atom stereocenters. The maximum Gasteiger partial charge on any atom is 0.314 e. The van der Waals surface area contributed by atoms with Gasteiger partial charge in [0.1, 0.15) is 0 Å². The Morgan fingerprint density at radius 3 is 2.71 bits per heavy atom. The van der Waals surface area contributed by atoms with E-state index in [1.54, 1.807) is 17.4 Å². The number of fused-ring (bicyclic) bond motifs is 1. The predicted octanol–water partition coefficient (Wildman–Crippen LogP) is 4.49. The monoisotopic (exact) mass is 398 g/mol. The molecule has 0 aliphatic heterocycles. The van der Waals surface area contributed by atoms with E-state index >= 15 is 0 Å². The Hall–Kier alpha value is -2.51. The van der Waals surface area contributed by atoms with Gasteiger partial charge in [0.05, 0.1) is 17.1 Å². The fourth-order valence-electron chi connectivity index (χ4n) is 2.40. The first-order valence-electron chi connectivity index (χ1n) is 7.12. The van der Waals surface area contributed by atoms with Crippen molar-refractivity contribution in [3.63, 3.8) is 0 Å². The maximum absolute atomic E-state index is 9.39. The standard InChI is InChI=1S/C17H11BrN4OS/c18-12-3-1-11(2-4-12)15-14(22-9-10-24-17(22)21-15)6-5-13-7-8-19-16(23)20-13/h1-10H,(H,19,20,23)/b6-5+. The van der Waals surface area contributed by atoms with E-state index < -0.39 is 0 Å². The van der Waals surface area contributed by atoms with Gasteiger partial charge >= 0.3 is 6.01 Å². The molecule has 5 nitrogen and oxygen atoms in total. The molecule has 0 atom stereocenters. The Balaban J connectivity index is 1.82. The molecule has 4 rings (SSSR count). The molecule has 1 N–H and O–H groups in total. The van der Waals surface area contributed by atoms with E-state index in [0.29, 0.717) is 5.69 Å². The van der Waals surface area contributed by atoms with E-state index in [1.807, 2.05) is 52.4 Å². The molecule has 7 heteroatoms. The lowest BCUT2D eigenvalue weighted by atomic mass is 10.1. The number of halogens is 1. The average Bonchev–Trinajstić information content (AvgIpc) is 3.15. The molecular weight excluding hydrogens is 388 g/mol. The summed E-state index contributed by atoms with van der Waals surface area (Å²) < 4.78 is 3.07. The number of aromatic nitrogens is 4. The third-order valence-electron chi connectivity index (χ3n) is 3.49. The maximum atomic E-state index is 9.39. The van der Waals surface area contributed by atoms with Gasteiger partial charge in [-0.05, 0) is 30.4 Å². The molecule has 118 valence electrons. The molecule has 0 amide bonds. The largest absolute Gasteiger partial charge is 0.479 e. The van der Waals surface area contributed by atoms with Crippen molar-refractivity contribution >= 4 is 44.4 Å². The minimum absolute atomic E-state index is 0.237. The zero-order valence-corrected chi connectivity index (χ0v) is 14.7. The SMILES string of the molecule is Oc1nccc(/C=C/c2c(-c3ccc(Br)cc3)nc3sccn23)n1. The van der Waals surface area contributed by atoms with Gasteiger partial charge in [0.15, 0.2) is 4.96 Å². The lowest BCUT2D eigenvalue weighted by Gasteiger charge is -2.01. The smallest absolute Gasteiger partial charge is 0.314 e. The Morgan fingerprint density at radius 2 is 1.92 bits per heavy atom. The van der Waals surface area contributed by atoms with Crippen molar-refractivity contribution in [1.29, 1.82) is 0 Å². The summed E-state index contributed by atoms with van der Waals surface area (Å²) in [6.45, 7) is 0. The van der Waals surface area contributed by atoms with Crippen LogP contribution in [0.15, 0.2) is 52.6 Å². The van der Waals surface area contributed by atoms with E-state index in [4.69, 9.17) is 4.98 Å². The van der Waals surface area contributed by atoms with Gasteiger partial charge in [-0.1, -0.05) is 28.1 Å². The molecular formula is C17H11BrN4OS. The molecule has 0 fully saturated rings. The number of nitrogens with zero attached hydrogens (tertiary/aromatic N) is 4. The minimum Gasteiger partial charge on any atom is -0.479 e. The van der Waals surface area contributed by atoms with E-state index in [2.05, 4.69) is 25.9 Å². The molecule has 4 aromatic rings. The number of benzene rings is 1. The third kappa shape index (κ3) is 2.83. The Labute approximate surface area is 150 Å². The molecule has 3 aromatic heterocycles. The van der Waals surface area contributed by atoms with Crippen molar-refractivity contribution in [3.8, 4) is 17.3 Å². The van der Waals surface area contributed by atoms with Gasteiger partial charge in [0.25, 0.3) is 0 Å². The lowest BCUT2D eigenvalue weighted by Crippen LogP contribution is -1.87. The van der Waals surface area contributed by atoms with Crippen molar-refractivity contribution < 1.29 is 5.11 Å². The highest BCUT2D eigenvalue weighted by Gasteiger charge is 2.12. The number of imidazole rings is 1. The molecule has 0 bridgehead atoms. The number of thiazole rings is 1. The van der Waals surface area contributed by atoms with Crippen LogP contribution in [0.5, 0.6) is 6.01 Å². The number of rotatable bonds is 3. The van der Waals surface area contributed by atoms with E-state index in [1.165, 1.54) is 6.20 Å². The highest BCUT2D eigenvalue weighted by atomic mass is 79.9. The third-order valence-corrected chi connectivity index (χ3v) is 4.78. The topological polar surface area (TPSA) is 63.3 Å². The summed E-state index contributed by atoms with van der Waals surface area (Å²) in [5, 5.41) is 11.4. The molecule has 1 aromatic carbocycles. The van der Waals surface area contributed by atoms with Crippen LogP contribution in [-0.4, -0.2) is 24.5 Å². The van der Waals surface area contributed by atoms with Crippen molar-refractivity contribution in [3.05, 3.63) is 64.0 Å². The zero-order chi connectivity index (χ0) is 16.5. The van der Waals surface area contributed by atoms with Gasteiger partial charge in [-0.2, -0.15) is 4.98 Å². The van der Waals surface area contributed by atoms with Crippen LogP contribution in [-0.2, 0) is 0 Å². The van der Waals surface area contributed by atoms with Gasteiger partial charge < -0.3 is 5.11 Å². The van der Waals surface area contributed by atoms with E-state index in [0.717, 1.165) is 26.4 Å². The summed E-state index contributed by atoms with van der Waals surface area (Å²) in [6.07, 6.45) is 7.30. The van der Waals surface area contributed by atoms with Gasteiger partial charge in [-0.3, -0.25) is 4.40 Å². The highest BCUT2D eigenvalue weighted by molar-refractivity contribution is 9.10. The van der Waals surface area contributed by atoms with Crippen LogP contribution in [0.2, 0.25) is 0 Å². The highest BCUT2D eigenvalue weighted by Crippen LogP contribution is 2.29. The van der Waals surface area contributed by atoms with Crippen molar-refractivity contribution in [2.24, 2.45) is 0 Å². The van der Waals surface area contributed by atoms with Crippen LogP contribution in [0.1, 0.15) is 11.4 Å². The van der Waals surface area contributed by atoms with Crippen molar-refractivity contribution in [2.45, 2.75) is 0 Å². The summed E-state index contributed by atoms with van der Waals surface area (Å²) in [7, 11) is 0. The molecule has 0 aliphatic rings. The van der Waals surface area contributed by atoms with Gasteiger partial charge in [-0.25, -0.2) is 9.97 Å². The zero-order valence-electron chi connectivity index (χ0n) is 12.3. The molecule has 3 heterocycles. The number of hydrogen-bond donors (Lipinski definition) is 1. The Bertz CT molecular complexity index is 1040. The normalized spacial score (nSPS) is 11.5. The average molecular weight is 399 g/mol. The summed E-state index contributed by atoms with van der Waals surface area (Å²) >= 11 is 5.04. The quantitative estimate of drug-likeness (QED) is 0.551. The molecule has 0 spiro atoms. The number of hydrogen-bond acceptors (Lipinski definition) is 5. The second-order valence-electron chi connectivity index (χ2n) is 5.02. The van der Waals surface area contributed by atoms with Crippen molar-refractivity contribution in [1.82, 2.24) is 19.4 Å². The van der Waals surface area contributed by atoms with Gasteiger partial charge in [-0.15, -0.1) is 11.3 Å². The van der Waals surface area contributed by atoms with Crippen LogP contribution < -0.4 is 0 Å². The fraction of sp³-hybridized carbons (Fsp3) is 0. The van der Waals surface area contributed by atoms with Crippen LogP contribution >= 0.6 is 27.3 Å². The first-order valence-corrected chi connectivity index (χ1v) is 8.79. The fourth-order valence-corrected chi connectivity index (χ4v) is 3.39. The second-order valence-corrected chi connectivity index (χ2v) is 6.81. The van der Waals surface area contributed by atoms with E-state index in [9.17, 15) is 5.11 Å². The lowest BCUT2D eigenvalue weighted by molar-refractivity contribution is 0.430. The minimum atomic E-state index is -0.237. The predicted molar refractivity (Wildman–Crippen MR) is 98.8 cm³/mol. The van der Waals surface area contributed by atoms with Gasteiger partial charge in [0, 0.05) is 27.8 Å². The second kappa shape index (κ2) is 6.18. The first-order chi connectivity index (χ1) is 11.7. The summed E-state index contributed by atoms with van der Waals surface area (Å²) in [5.74, 6) is 0. The van der Waals surface area contributed by atoms with E-state index in [-0.39, 0.29) is 6.01 Å². The molecule has 0 aliphatic carbocycles. The van der Waals surface area contributed by atoms with Crippen LogP contribution in [0.3, 0.4) is 0 Å². The Kier molecular flexibility index (Phi) is 3.87. The van der Waals surface area contributed by atoms with Crippen LogP contribution in [0, 0.1) is 0 Å². The summed E-state index contributed by atoms with van der Waals surface area (Å²) in [6, 6.07) is 9.56. The molecule has 24 heavy (non-hydrogen) atoms. The van der Waals surface area contributed by atoms with Crippen molar-refractivity contribution in [2.75, 3.05) is 0 Å². The summed E-state index contributed by atoms with van der Waals surface area (Å²) in [5.41, 5.74) is 3.55.